The van der Waals surface area contributed by atoms with Gasteiger partial charge in [0.25, 0.3) is 0 Å². The largest absolute Gasteiger partial charge is 0.427 e. The number of rotatable bonds is 4. The second-order valence-electron chi connectivity index (χ2n) is 4.80. The highest BCUT2D eigenvalue weighted by atomic mass is 32.2. The maximum Gasteiger partial charge on any atom is 0.308 e. The third-order valence-electron chi connectivity index (χ3n) is 2.78. The van der Waals surface area contributed by atoms with Crippen LogP contribution in [0.25, 0.3) is 11.4 Å². The lowest BCUT2D eigenvalue weighted by Gasteiger charge is -2.10. The molecular formula is C15H15N3O5S. The van der Waals surface area contributed by atoms with E-state index in [1.807, 2.05) is 0 Å². The van der Waals surface area contributed by atoms with Crippen LogP contribution in [0.4, 0.5) is 0 Å². The van der Waals surface area contributed by atoms with Crippen LogP contribution in [0.1, 0.15) is 20.8 Å². The van der Waals surface area contributed by atoms with Crippen molar-refractivity contribution < 1.29 is 23.9 Å². The Morgan fingerprint density at radius 3 is 2.29 bits per heavy atom. The molecular weight excluding hydrogens is 334 g/mol. The molecule has 1 heterocycles. The minimum Gasteiger partial charge on any atom is -0.427 e. The number of nitrogens with zero attached hydrogens (tertiary/aromatic N) is 3. The van der Waals surface area contributed by atoms with Gasteiger partial charge in [0, 0.05) is 33.9 Å². The standard InChI is InChI=1S/C15H15N3O5S/c1-8(19)22-11-5-6-12(13(7-11)23-9(2)20)14-16-17-15(18(14)4)24-10(3)21/h5-7H,1-4H3. The third kappa shape index (κ3) is 4.19. The van der Waals surface area contributed by atoms with E-state index in [0.717, 1.165) is 11.8 Å². The molecule has 2 rings (SSSR count). The zero-order valence-electron chi connectivity index (χ0n) is 13.5. The van der Waals surface area contributed by atoms with Crippen molar-refractivity contribution in [3.05, 3.63) is 18.2 Å². The molecule has 0 aliphatic carbocycles. The number of carbonyl (C=O) groups excluding carboxylic acids is 3. The Balaban J connectivity index is 2.48. The fraction of sp³-hybridized carbons (Fsp3) is 0.267. The molecule has 0 unspecified atom stereocenters. The van der Waals surface area contributed by atoms with Crippen molar-refractivity contribution >= 4 is 28.8 Å². The average Bonchev–Trinajstić information content (AvgIpc) is 2.79. The molecule has 24 heavy (non-hydrogen) atoms. The van der Waals surface area contributed by atoms with Crippen LogP contribution >= 0.6 is 11.8 Å². The molecule has 0 aliphatic rings. The topological polar surface area (TPSA) is 100 Å². The van der Waals surface area contributed by atoms with Crippen LogP contribution in [0, 0.1) is 0 Å². The van der Waals surface area contributed by atoms with Crippen LogP contribution < -0.4 is 9.47 Å². The highest BCUT2D eigenvalue weighted by molar-refractivity contribution is 8.13. The minimum absolute atomic E-state index is 0.123. The summed E-state index contributed by atoms with van der Waals surface area (Å²) in [6.45, 7) is 3.96. The van der Waals surface area contributed by atoms with Gasteiger partial charge in [-0.25, -0.2) is 0 Å². The van der Waals surface area contributed by atoms with Crippen molar-refractivity contribution in [3.8, 4) is 22.9 Å². The quantitative estimate of drug-likeness (QED) is 0.469. The number of hydrogen-bond acceptors (Lipinski definition) is 8. The Morgan fingerprint density at radius 2 is 1.71 bits per heavy atom. The SMILES string of the molecule is CC(=O)Oc1ccc(-c2nnc(SC(C)=O)n2C)c(OC(C)=O)c1. The van der Waals surface area contributed by atoms with E-state index in [9.17, 15) is 14.4 Å². The lowest BCUT2D eigenvalue weighted by Crippen LogP contribution is -2.06. The van der Waals surface area contributed by atoms with Gasteiger partial charge >= 0.3 is 11.9 Å². The molecule has 2 aromatic rings. The number of benzene rings is 1. The summed E-state index contributed by atoms with van der Waals surface area (Å²) in [5.41, 5.74) is 0.478. The van der Waals surface area contributed by atoms with Gasteiger partial charge < -0.3 is 14.0 Å². The van der Waals surface area contributed by atoms with E-state index in [1.54, 1.807) is 23.7 Å². The highest BCUT2D eigenvalue weighted by Gasteiger charge is 2.18. The van der Waals surface area contributed by atoms with Gasteiger partial charge in [0.15, 0.2) is 16.1 Å². The van der Waals surface area contributed by atoms with Gasteiger partial charge in [-0.3, -0.25) is 14.4 Å². The number of esters is 2. The summed E-state index contributed by atoms with van der Waals surface area (Å²) in [5.74, 6) is -0.199. The van der Waals surface area contributed by atoms with Crippen LogP contribution in [0.5, 0.6) is 11.5 Å². The summed E-state index contributed by atoms with van der Waals surface area (Å²) in [7, 11) is 1.69. The average molecular weight is 349 g/mol. The van der Waals surface area contributed by atoms with Gasteiger partial charge in [-0.1, -0.05) is 0 Å². The number of aromatic nitrogens is 3. The van der Waals surface area contributed by atoms with Crippen LogP contribution in [-0.4, -0.2) is 31.8 Å². The van der Waals surface area contributed by atoms with Gasteiger partial charge in [0.05, 0.1) is 5.56 Å². The first-order valence-corrected chi connectivity index (χ1v) is 7.68. The van der Waals surface area contributed by atoms with E-state index in [0.29, 0.717) is 16.5 Å². The van der Waals surface area contributed by atoms with E-state index >= 15 is 0 Å². The molecule has 8 nitrogen and oxygen atoms in total. The summed E-state index contributed by atoms with van der Waals surface area (Å²) in [6, 6.07) is 4.57. The normalized spacial score (nSPS) is 10.3. The Morgan fingerprint density at radius 1 is 1.04 bits per heavy atom. The Hall–Kier alpha value is -2.68. The summed E-state index contributed by atoms with van der Waals surface area (Å²) in [4.78, 5) is 33.6. The zero-order chi connectivity index (χ0) is 17.9. The molecule has 0 saturated carbocycles. The fourth-order valence-electron chi connectivity index (χ4n) is 1.92. The molecule has 1 aromatic heterocycles. The Bertz CT molecular complexity index is 815. The monoisotopic (exact) mass is 349 g/mol. The summed E-state index contributed by atoms with van der Waals surface area (Å²) in [5, 5.41) is 8.28. The molecule has 0 saturated heterocycles. The van der Waals surface area contributed by atoms with Crippen molar-refractivity contribution in [1.29, 1.82) is 0 Å². The predicted octanol–water partition coefficient (Wildman–Crippen LogP) is 1.97. The van der Waals surface area contributed by atoms with E-state index in [1.165, 1.54) is 26.8 Å². The number of carbonyl (C=O) groups is 3. The van der Waals surface area contributed by atoms with Gasteiger partial charge in [0.1, 0.15) is 11.5 Å². The van der Waals surface area contributed by atoms with Crippen LogP contribution in [-0.2, 0) is 21.4 Å². The molecule has 0 N–H and O–H groups in total. The maximum atomic E-state index is 11.3. The number of hydrogen-bond donors (Lipinski definition) is 0. The summed E-state index contributed by atoms with van der Waals surface area (Å²) < 4.78 is 11.8. The molecule has 0 bridgehead atoms. The summed E-state index contributed by atoms with van der Waals surface area (Å²) in [6.07, 6.45) is 0. The second-order valence-corrected chi connectivity index (χ2v) is 5.95. The fourth-order valence-corrected chi connectivity index (χ4v) is 2.49. The molecule has 126 valence electrons. The smallest absolute Gasteiger partial charge is 0.308 e. The number of ether oxygens (including phenoxy) is 2. The van der Waals surface area contributed by atoms with Crippen molar-refractivity contribution in [3.63, 3.8) is 0 Å². The van der Waals surface area contributed by atoms with Gasteiger partial charge in [-0.05, 0) is 23.9 Å². The van der Waals surface area contributed by atoms with E-state index in [4.69, 9.17) is 9.47 Å². The first-order chi connectivity index (χ1) is 11.3. The van der Waals surface area contributed by atoms with Crippen molar-refractivity contribution in [1.82, 2.24) is 14.8 Å². The van der Waals surface area contributed by atoms with Crippen molar-refractivity contribution in [2.75, 3.05) is 0 Å². The van der Waals surface area contributed by atoms with E-state index < -0.39 is 11.9 Å². The van der Waals surface area contributed by atoms with Crippen LogP contribution in [0.15, 0.2) is 23.4 Å². The molecule has 0 fully saturated rings. The molecule has 1 aromatic carbocycles. The maximum absolute atomic E-state index is 11.3. The second kappa shape index (κ2) is 7.26. The van der Waals surface area contributed by atoms with E-state index in [-0.39, 0.29) is 16.6 Å². The first kappa shape index (κ1) is 17.7. The van der Waals surface area contributed by atoms with Gasteiger partial charge in [-0.2, -0.15) is 0 Å². The molecule has 0 radical (unpaired) electrons. The first-order valence-electron chi connectivity index (χ1n) is 6.87. The summed E-state index contributed by atoms with van der Waals surface area (Å²) >= 11 is 0.945. The zero-order valence-corrected chi connectivity index (χ0v) is 14.3. The Kier molecular flexibility index (Phi) is 5.35. The van der Waals surface area contributed by atoms with Gasteiger partial charge in [-0.15, -0.1) is 10.2 Å². The predicted molar refractivity (Wildman–Crippen MR) is 85.6 cm³/mol. The molecule has 0 amide bonds. The van der Waals surface area contributed by atoms with Crippen molar-refractivity contribution in [2.45, 2.75) is 25.9 Å². The molecule has 0 atom stereocenters. The number of thioether (sulfide) groups is 1. The van der Waals surface area contributed by atoms with Crippen molar-refractivity contribution in [2.24, 2.45) is 7.05 Å². The lowest BCUT2D eigenvalue weighted by molar-refractivity contribution is -0.132. The van der Waals surface area contributed by atoms with Crippen LogP contribution in [0.2, 0.25) is 0 Å². The van der Waals surface area contributed by atoms with E-state index in [2.05, 4.69) is 10.2 Å². The third-order valence-corrected chi connectivity index (χ3v) is 3.60. The minimum atomic E-state index is -0.531. The van der Waals surface area contributed by atoms with Gasteiger partial charge in [0.2, 0.25) is 0 Å². The highest BCUT2D eigenvalue weighted by Crippen LogP contribution is 2.34. The Labute approximate surface area is 142 Å². The molecule has 9 heteroatoms. The molecule has 0 aliphatic heterocycles. The molecule has 0 spiro atoms. The lowest BCUT2D eigenvalue weighted by atomic mass is 10.1. The van der Waals surface area contributed by atoms with Crippen LogP contribution in [0.3, 0.4) is 0 Å².